The highest BCUT2D eigenvalue weighted by atomic mass is 16.6. The van der Waals surface area contributed by atoms with E-state index in [2.05, 4.69) is 23.1 Å². The van der Waals surface area contributed by atoms with Gasteiger partial charge in [0.05, 0.1) is 0 Å². The quantitative estimate of drug-likeness (QED) is 0.793. The molecule has 4 nitrogen and oxygen atoms in total. The number of amides is 1. The van der Waals surface area contributed by atoms with Crippen molar-refractivity contribution in [3.05, 3.63) is 29.3 Å². The summed E-state index contributed by atoms with van der Waals surface area (Å²) < 4.78 is 5.52. The van der Waals surface area contributed by atoms with Gasteiger partial charge in [-0.15, -0.1) is 0 Å². The van der Waals surface area contributed by atoms with Crippen LogP contribution in [0.15, 0.2) is 18.2 Å². The van der Waals surface area contributed by atoms with Gasteiger partial charge in [-0.25, -0.2) is 4.79 Å². The second-order valence-corrected chi connectivity index (χ2v) is 7.61. The molecule has 4 heteroatoms. The summed E-state index contributed by atoms with van der Waals surface area (Å²) in [5.41, 5.74) is 3.67. The SMILES string of the molecule is CC(C)(C)OC(=O)N1CCc2ccc(N3CCCC3)cc2CC1. The molecule has 1 aromatic rings. The molecule has 0 saturated carbocycles. The van der Waals surface area contributed by atoms with E-state index in [1.807, 2.05) is 25.7 Å². The fourth-order valence-electron chi connectivity index (χ4n) is 3.39. The number of fused-ring (bicyclic) bond motifs is 1. The first-order valence-corrected chi connectivity index (χ1v) is 8.77. The van der Waals surface area contributed by atoms with Crippen molar-refractivity contribution in [2.45, 2.75) is 52.1 Å². The van der Waals surface area contributed by atoms with Gasteiger partial charge in [0.15, 0.2) is 0 Å². The van der Waals surface area contributed by atoms with E-state index in [4.69, 9.17) is 4.74 Å². The first-order valence-electron chi connectivity index (χ1n) is 8.77. The molecule has 1 saturated heterocycles. The number of hydrogen-bond acceptors (Lipinski definition) is 3. The van der Waals surface area contributed by atoms with Gasteiger partial charge in [0.1, 0.15) is 5.60 Å². The van der Waals surface area contributed by atoms with Crippen LogP contribution in [0.3, 0.4) is 0 Å². The molecule has 3 rings (SSSR count). The molecule has 0 atom stereocenters. The van der Waals surface area contributed by atoms with Crippen LogP contribution in [0.25, 0.3) is 0 Å². The van der Waals surface area contributed by atoms with E-state index < -0.39 is 5.60 Å². The third-order valence-corrected chi connectivity index (χ3v) is 4.61. The van der Waals surface area contributed by atoms with E-state index >= 15 is 0 Å². The summed E-state index contributed by atoms with van der Waals surface area (Å²) in [6, 6.07) is 6.83. The maximum Gasteiger partial charge on any atom is 0.410 e. The van der Waals surface area contributed by atoms with Crippen molar-refractivity contribution in [1.82, 2.24) is 4.90 Å². The number of nitrogens with zero attached hydrogens (tertiary/aromatic N) is 2. The van der Waals surface area contributed by atoms with E-state index in [0.717, 1.165) is 25.9 Å². The van der Waals surface area contributed by atoms with Crippen molar-refractivity contribution in [1.29, 1.82) is 0 Å². The van der Waals surface area contributed by atoms with Crippen LogP contribution >= 0.6 is 0 Å². The van der Waals surface area contributed by atoms with Crippen molar-refractivity contribution < 1.29 is 9.53 Å². The van der Waals surface area contributed by atoms with Crippen molar-refractivity contribution >= 4 is 11.8 Å². The zero-order chi connectivity index (χ0) is 16.4. The lowest BCUT2D eigenvalue weighted by Crippen LogP contribution is -2.38. The summed E-state index contributed by atoms with van der Waals surface area (Å²) in [7, 11) is 0. The molecule has 1 amide bonds. The molecule has 1 fully saturated rings. The van der Waals surface area contributed by atoms with Gasteiger partial charge in [0, 0.05) is 31.9 Å². The molecular weight excluding hydrogens is 288 g/mol. The van der Waals surface area contributed by atoms with Crippen molar-refractivity contribution in [2.75, 3.05) is 31.1 Å². The Hall–Kier alpha value is -1.71. The van der Waals surface area contributed by atoms with Crippen molar-refractivity contribution in [3.63, 3.8) is 0 Å². The third kappa shape index (κ3) is 3.98. The second-order valence-electron chi connectivity index (χ2n) is 7.61. The van der Waals surface area contributed by atoms with Gasteiger partial charge in [0.25, 0.3) is 0 Å². The number of anilines is 1. The van der Waals surface area contributed by atoms with E-state index in [9.17, 15) is 4.79 Å². The molecule has 126 valence electrons. The Labute approximate surface area is 139 Å². The first-order chi connectivity index (χ1) is 10.9. The Bertz CT molecular complexity index is 571. The summed E-state index contributed by atoms with van der Waals surface area (Å²) in [6.45, 7) is 9.57. The van der Waals surface area contributed by atoms with E-state index in [0.29, 0.717) is 0 Å². The van der Waals surface area contributed by atoms with Crippen molar-refractivity contribution in [3.8, 4) is 0 Å². The Balaban J connectivity index is 1.69. The highest BCUT2D eigenvalue weighted by molar-refractivity contribution is 5.68. The Kier molecular flexibility index (Phi) is 4.51. The maximum atomic E-state index is 12.3. The van der Waals surface area contributed by atoms with Gasteiger partial charge in [-0.1, -0.05) is 6.07 Å². The smallest absolute Gasteiger partial charge is 0.410 e. The van der Waals surface area contributed by atoms with Crippen LogP contribution in [0.1, 0.15) is 44.7 Å². The fraction of sp³-hybridized carbons (Fsp3) is 0.632. The summed E-state index contributed by atoms with van der Waals surface area (Å²) in [6.07, 6.45) is 4.23. The molecule has 0 spiro atoms. The number of ether oxygens (including phenoxy) is 1. The summed E-state index contributed by atoms with van der Waals surface area (Å²) in [5, 5.41) is 0. The third-order valence-electron chi connectivity index (χ3n) is 4.61. The summed E-state index contributed by atoms with van der Waals surface area (Å²) >= 11 is 0. The lowest BCUT2D eigenvalue weighted by atomic mass is 10.0. The number of carbonyl (C=O) groups excluding carboxylic acids is 1. The van der Waals surface area contributed by atoms with Crippen LogP contribution in [-0.4, -0.2) is 42.8 Å². The molecule has 0 aliphatic carbocycles. The van der Waals surface area contributed by atoms with Crippen LogP contribution in [0.5, 0.6) is 0 Å². The topological polar surface area (TPSA) is 32.8 Å². The zero-order valence-corrected chi connectivity index (χ0v) is 14.6. The van der Waals surface area contributed by atoms with Gasteiger partial charge >= 0.3 is 6.09 Å². The largest absolute Gasteiger partial charge is 0.444 e. The summed E-state index contributed by atoms with van der Waals surface area (Å²) in [5.74, 6) is 0. The molecule has 2 aliphatic heterocycles. The minimum absolute atomic E-state index is 0.190. The number of rotatable bonds is 1. The highest BCUT2D eigenvalue weighted by Crippen LogP contribution is 2.26. The number of hydrogen-bond donors (Lipinski definition) is 0. The van der Waals surface area contributed by atoms with Crippen molar-refractivity contribution in [2.24, 2.45) is 0 Å². The van der Waals surface area contributed by atoms with E-state index in [-0.39, 0.29) is 6.09 Å². The highest BCUT2D eigenvalue weighted by Gasteiger charge is 2.24. The Morgan fingerprint density at radius 3 is 2.30 bits per heavy atom. The van der Waals surface area contributed by atoms with Gasteiger partial charge in [-0.3, -0.25) is 0 Å². The summed E-state index contributed by atoms with van der Waals surface area (Å²) in [4.78, 5) is 16.6. The standard InChI is InChI=1S/C19H28N2O2/c1-19(2,3)23-18(22)21-12-8-15-6-7-17(14-16(15)9-13-21)20-10-4-5-11-20/h6-7,14H,4-5,8-13H2,1-3H3. The van der Waals surface area contributed by atoms with Crippen LogP contribution in [0.4, 0.5) is 10.5 Å². The predicted molar refractivity (Wildman–Crippen MR) is 93.1 cm³/mol. The molecule has 0 N–H and O–H groups in total. The van der Waals surface area contributed by atoms with E-state index in [1.165, 1.54) is 42.7 Å². The minimum Gasteiger partial charge on any atom is -0.444 e. The average Bonchev–Trinajstić information content (AvgIpc) is 2.92. The lowest BCUT2D eigenvalue weighted by Gasteiger charge is -2.26. The second kappa shape index (κ2) is 6.42. The number of carbonyl (C=O) groups is 1. The fourth-order valence-corrected chi connectivity index (χ4v) is 3.39. The van der Waals surface area contributed by atoms with E-state index in [1.54, 1.807) is 0 Å². The first kappa shape index (κ1) is 16.2. The van der Waals surface area contributed by atoms with Crippen LogP contribution < -0.4 is 4.90 Å². The molecule has 23 heavy (non-hydrogen) atoms. The number of benzene rings is 1. The molecule has 2 heterocycles. The van der Waals surface area contributed by atoms with Gasteiger partial charge in [-0.2, -0.15) is 0 Å². The monoisotopic (exact) mass is 316 g/mol. The molecule has 0 aromatic heterocycles. The Morgan fingerprint density at radius 2 is 1.65 bits per heavy atom. The molecule has 0 unspecified atom stereocenters. The molecule has 1 aromatic carbocycles. The molecule has 0 radical (unpaired) electrons. The lowest BCUT2D eigenvalue weighted by molar-refractivity contribution is 0.0258. The molecule has 0 bridgehead atoms. The normalized spacial score (nSPS) is 18.6. The van der Waals surface area contributed by atoms with Crippen LogP contribution in [-0.2, 0) is 17.6 Å². The minimum atomic E-state index is -0.431. The van der Waals surface area contributed by atoms with Gasteiger partial charge in [-0.05, 0) is 69.7 Å². The molecular formula is C19H28N2O2. The van der Waals surface area contributed by atoms with Gasteiger partial charge < -0.3 is 14.5 Å². The maximum absolute atomic E-state index is 12.3. The Morgan fingerprint density at radius 1 is 1.00 bits per heavy atom. The zero-order valence-electron chi connectivity index (χ0n) is 14.6. The van der Waals surface area contributed by atoms with Crippen LogP contribution in [0.2, 0.25) is 0 Å². The van der Waals surface area contributed by atoms with Gasteiger partial charge in [0.2, 0.25) is 0 Å². The predicted octanol–water partition coefficient (Wildman–Crippen LogP) is 3.62. The average molecular weight is 316 g/mol. The molecule has 2 aliphatic rings. The van der Waals surface area contributed by atoms with Crippen LogP contribution in [0, 0.1) is 0 Å².